The summed E-state index contributed by atoms with van der Waals surface area (Å²) in [5, 5.41) is 9.51. The van der Waals surface area contributed by atoms with E-state index in [1.165, 1.54) is 17.3 Å². The Labute approximate surface area is 202 Å². The van der Waals surface area contributed by atoms with E-state index in [0.29, 0.717) is 18.8 Å². The van der Waals surface area contributed by atoms with Crippen LogP contribution in [0.5, 0.6) is 0 Å². The fraction of sp³-hybridized carbons (Fsp3) is 0.360. The molecule has 0 aliphatic carbocycles. The highest BCUT2D eigenvalue weighted by molar-refractivity contribution is 7.99. The molecule has 0 saturated carbocycles. The third-order valence-corrected chi connectivity index (χ3v) is 7.39. The summed E-state index contributed by atoms with van der Waals surface area (Å²) < 4.78 is 3.91. The van der Waals surface area contributed by atoms with Gasteiger partial charge < -0.3 is 14.5 Å². The lowest BCUT2D eigenvalue weighted by molar-refractivity contribution is -0.129. The van der Waals surface area contributed by atoms with Crippen LogP contribution in [0.3, 0.4) is 0 Å². The molecule has 2 aromatic heterocycles. The molecule has 4 aromatic rings. The maximum atomic E-state index is 12.9. The number of thioether (sulfide) groups is 1. The summed E-state index contributed by atoms with van der Waals surface area (Å²) in [7, 11) is 0. The molecule has 1 aliphatic rings. The Balaban J connectivity index is 1.22. The van der Waals surface area contributed by atoms with Gasteiger partial charge in [-0.1, -0.05) is 47.7 Å². The van der Waals surface area contributed by atoms with Crippen molar-refractivity contribution in [2.24, 2.45) is 0 Å². The number of nitrogens with one attached hydrogen (secondary N) is 1. The summed E-state index contributed by atoms with van der Waals surface area (Å²) in [6.07, 6.45) is 1.53. The first-order chi connectivity index (χ1) is 16.5. The van der Waals surface area contributed by atoms with Crippen LogP contribution in [-0.4, -0.2) is 54.0 Å². The number of H-pyrrole nitrogens is 1. The summed E-state index contributed by atoms with van der Waals surface area (Å²) in [5.41, 5.74) is 3.90. The normalized spacial score (nSPS) is 14.7. The highest BCUT2D eigenvalue weighted by Gasteiger charge is 2.26. The van der Waals surface area contributed by atoms with E-state index in [-0.39, 0.29) is 17.6 Å². The highest BCUT2D eigenvalue weighted by atomic mass is 32.2. The lowest BCUT2D eigenvalue weighted by Gasteiger charge is -2.32. The summed E-state index contributed by atoms with van der Waals surface area (Å²) in [6.45, 7) is 6.14. The number of carbonyl (C=O) groups is 1. The molecule has 8 nitrogen and oxygen atoms in total. The Morgan fingerprint density at radius 1 is 1.12 bits per heavy atom. The van der Waals surface area contributed by atoms with E-state index >= 15 is 0 Å². The third-order valence-electron chi connectivity index (χ3n) is 6.44. The van der Waals surface area contributed by atoms with Gasteiger partial charge in [0.2, 0.25) is 5.91 Å². The van der Waals surface area contributed by atoms with Crippen LogP contribution in [0.4, 0.5) is 0 Å². The number of hydrogen-bond acceptors (Lipinski definition) is 5. The van der Waals surface area contributed by atoms with E-state index in [4.69, 9.17) is 0 Å². The number of imidazole rings is 1. The predicted molar refractivity (Wildman–Crippen MR) is 134 cm³/mol. The van der Waals surface area contributed by atoms with Crippen LogP contribution >= 0.6 is 11.8 Å². The zero-order valence-electron chi connectivity index (χ0n) is 19.4. The minimum atomic E-state index is -0.0788. The van der Waals surface area contributed by atoms with E-state index < -0.39 is 0 Å². The third kappa shape index (κ3) is 4.27. The van der Waals surface area contributed by atoms with Crippen LogP contribution in [0.25, 0.3) is 22.4 Å². The van der Waals surface area contributed by atoms with Crippen molar-refractivity contribution in [1.82, 2.24) is 29.2 Å². The molecule has 0 radical (unpaired) electrons. The van der Waals surface area contributed by atoms with Gasteiger partial charge in [-0.05, 0) is 44.9 Å². The first kappa shape index (κ1) is 22.5. The van der Waals surface area contributed by atoms with Gasteiger partial charge in [0.1, 0.15) is 0 Å². The number of aromatic nitrogens is 5. The molecule has 1 saturated heterocycles. The molecule has 5 rings (SSSR count). The number of rotatable bonds is 6. The van der Waals surface area contributed by atoms with Gasteiger partial charge in [0.05, 0.1) is 16.8 Å². The van der Waals surface area contributed by atoms with Crippen molar-refractivity contribution in [3.8, 4) is 11.4 Å². The zero-order valence-corrected chi connectivity index (χ0v) is 20.2. The summed E-state index contributed by atoms with van der Waals surface area (Å²) in [4.78, 5) is 30.3. The lowest BCUT2D eigenvalue weighted by atomic mass is 10.0. The quantitative estimate of drug-likeness (QED) is 0.427. The van der Waals surface area contributed by atoms with Crippen LogP contribution in [0, 0.1) is 6.92 Å². The van der Waals surface area contributed by atoms with Crippen LogP contribution < -0.4 is 5.69 Å². The Morgan fingerprint density at radius 2 is 1.91 bits per heavy atom. The SMILES string of the molecule is CCn1c(SCC(=O)N2CCC(n3c(=O)[nH]c4ccccc43)CC2)nnc1-c1cccc(C)c1. The largest absolute Gasteiger partial charge is 0.342 e. The van der Waals surface area contributed by atoms with Crippen molar-refractivity contribution < 1.29 is 4.79 Å². The number of likely N-dealkylation sites (tertiary alicyclic amines) is 1. The van der Waals surface area contributed by atoms with Crippen molar-refractivity contribution in [2.75, 3.05) is 18.8 Å². The second-order valence-corrected chi connectivity index (χ2v) is 9.58. The minimum Gasteiger partial charge on any atom is -0.342 e. The molecule has 0 unspecified atom stereocenters. The van der Waals surface area contributed by atoms with Gasteiger partial charge in [-0.2, -0.15) is 0 Å². The smallest absolute Gasteiger partial charge is 0.326 e. The van der Waals surface area contributed by atoms with E-state index in [1.807, 2.05) is 45.9 Å². The number of para-hydroxylation sites is 2. The number of benzene rings is 2. The first-order valence-corrected chi connectivity index (χ1v) is 12.6. The number of hydrogen-bond donors (Lipinski definition) is 1. The van der Waals surface area contributed by atoms with Gasteiger partial charge in [-0.3, -0.25) is 9.36 Å². The summed E-state index contributed by atoms with van der Waals surface area (Å²) in [5.74, 6) is 1.24. The van der Waals surface area contributed by atoms with E-state index in [9.17, 15) is 9.59 Å². The molecule has 1 amide bonds. The van der Waals surface area contributed by atoms with E-state index in [0.717, 1.165) is 47.0 Å². The molecule has 2 aromatic carbocycles. The average Bonchev–Trinajstić information content (AvgIpc) is 3.42. The van der Waals surface area contributed by atoms with Crippen molar-refractivity contribution in [3.63, 3.8) is 0 Å². The molecule has 1 aliphatic heterocycles. The van der Waals surface area contributed by atoms with Crippen LogP contribution in [0.15, 0.2) is 58.5 Å². The summed E-state index contributed by atoms with van der Waals surface area (Å²) >= 11 is 1.43. The van der Waals surface area contributed by atoms with Gasteiger partial charge in [0.25, 0.3) is 0 Å². The van der Waals surface area contributed by atoms with Gasteiger partial charge in [0, 0.05) is 31.2 Å². The molecule has 0 bridgehead atoms. The van der Waals surface area contributed by atoms with Crippen molar-refractivity contribution in [3.05, 3.63) is 64.6 Å². The number of carbonyl (C=O) groups excluding carboxylic acids is 1. The second-order valence-electron chi connectivity index (χ2n) is 8.64. The molecular formula is C25H28N6O2S. The van der Waals surface area contributed by atoms with E-state index in [1.54, 1.807) is 0 Å². The maximum Gasteiger partial charge on any atom is 0.326 e. The molecule has 34 heavy (non-hydrogen) atoms. The molecule has 0 spiro atoms. The predicted octanol–water partition coefficient (Wildman–Crippen LogP) is 3.87. The minimum absolute atomic E-state index is 0.0788. The zero-order chi connectivity index (χ0) is 23.7. The Bertz CT molecular complexity index is 1380. The van der Waals surface area contributed by atoms with Gasteiger partial charge in [0.15, 0.2) is 11.0 Å². The summed E-state index contributed by atoms with van der Waals surface area (Å²) in [6, 6.07) is 16.1. The van der Waals surface area contributed by atoms with Crippen LogP contribution in [0.1, 0.15) is 31.4 Å². The van der Waals surface area contributed by atoms with Crippen molar-refractivity contribution >= 4 is 28.7 Å². The number of fused-ring (bicyclic) bond motifs is 1. The standard InChI is InChI=1S/C25H28N6O2S/c1-3-30-23(18-8-6-7-17(2)15-18)27-28-25(30)34-16-22(32)29-13-11-19(12-14-29)31-21-10-5-4-9-20(21)26-24(31)33/h4-10,15,19H,3,11-14,16H2,1-2H3,(H,26,33). The van der Waals surface area contributed by atoms with Gasteiger partial charge in [-0.15, -0.1) is 10.2 Å². The maximum absolute atomic E-state index is 12.9. The Hall–Kier alpha value is -3.33. The number of aryl methyl sites for hydroxylation is 1. The number of nitrogens with zero attached hydrogens (tertiary/aromatic N) is 5. The Morgan fingerprint density at radius 3 is 2.68 bits per heavy atom. The highest BCUT2D eigenvalue weighted by Crippen LogP contribution is 2.27. The molecular weight excluding hydrogens is 448 g/mol. The van der Waals surface area contributed by atoms with Gasteiger partial charge >= 0.3 is 5.69 Å². The number of amides is 1. The molecule has 176 valence electrons. The first-order valence-electron chi connectivity index (χ1n) is 11.6. The topological polar surface area (TPSA) is 88.8 Å². The van der Waals surface area contributed by atoms with Gasteiger partial charge in [-0.25, -0.2) is 4.79 Å². The second kappa shape index (κ2) is 9.50. The van der Waals surface area contributed by atoms with Crippen molar-refractivity contribution in [1.29, 1.82) is 0 Å². The number of aromatic amines is 1. The lowest BCUT2D eigenvalue weighted by Crippen LogP contribution is -2.41. The fourth-order valence-electron chi connectivity index (χ4n) is 4.71. The van der Waals surface area contributed by atoms with Crippen LogP contribution in [0.2, 0.25) is 0 Å². The molecule has 1 N–H and O–H groups in total. The molecule has 1 fully saturated rings. The Kier molecular flexibility index (Phi) is 6.28. The average molecular weight is 477 g/mol. The molecule has 0 atom stereocenters. The molecule has 3 heterocycles. The fourth-order valence-corrected chi connectivity index (χ4v) is 5.61. The monoisotopic (exact) mass is 476 g/mol. The van der Waals surface area contributed by atoms with Crippen molar-refractivity contribution in [2.45, 2.75) is 44.4 Å². The number of piperidine rings is 1. The van der Waals surface area contributed by atoms with Crippen LogP contribution in [-0.2, 0) is 11.3 Å². The molecule has 9 heteroatoms. The van der Waals surface area contributed by atoms with E-state index in [2.05, 4.69) is 45.7 Å².